The fraction of sp³-hybridized carbons (Fsp3) is 1.00. The Morgan fingerprint density at radius 2 is 0.818 bits per heavy atom. The molecule has 1 nitrogen and oxygen atoms in total. The molecule has 0 aliphatic heterocycles. The molecule has 0 bridgehead atoms. The minimum Gasteiger partial charge on any atom is -1.00 e. The van der Waals surface area contributed by atoms with Gasteiger partial charge in [-0.15, -0.1) is 0 Å². The molecule has 0 aromatic carbocycles. The predicted octanol–water partition coefficient (Wildman–Crippen LogP) is 3.57. The van der Waals surface area contributed by atoms with Crippen molar-refractivity contribution in [2.45, 2.75) is 104 Å². The summed E-state index contributed by atoms with van der Waals surface area (Å²) in [6.07, 6.45) is 18.5. The highest BCUT2D eigenvalue weighted by molar-refractivity contribution is 4.48. The van der Waals surface area contributed by atoms with Crippen molar-refractivity contribution in [2.24, 2.45) is 0 Å². The van der Waals surface area contributed by atoms with Crippen LogP contribution in [0.2, 0.25) is 0 Å². The molecule has 0 saturated carbocycles. The van der Waals surface area contributed by atoms with Gasteiger partial charge in [-0.25, -0.2) is 0 Å². The maximum atomic E-state index is 2.50. The summed E-state index contributed by atoms with van der Waals surface area (Å²) in [6, 6.07) is 0. The van der Waals surface area contributed by atoms with E-state index in [1.165, 1.54) is 108 Å². The van der Waals surface area contributed by atoms with Gasteiger partial charge in [0.05, 0.1) is 26.7 Å². The summed E-state index contributed by atoms with van der Waals surface area (Å²) in [5.41, 5.74) is 0. The van der Waals surface area contributed by atoms with Gasteiger partial charge in [0.2, 0.25) is 0 Å². The van der Waals surface area contributed by atoms with Gasteiger partial charge in [0.15, 0.2) is 0 Å². The Bertz CT molecular complexity index is 190. The first-order valence-electron chi connectivity index (χ1n) is 10.0. The number of hydrogen-bond donors (Lipinski definition) is 0. The van der Waals surface area contributed by atoms with E-state index in [4.69, 9.17) is 0 Å². The second-order valence-electron chi connectivity index (χ2n) is 7.33. The van der Waals surface area contributed by atoms with E-state index < -0.39 is 0 Å². The van der Waals surface area contributed by atoms with Gasteiger partial charge in [-0.05, 0) is 32.1 Å². The molecule has 0 fully saturated rings. The molecule has 0 rings (SSSR count). The molecule has 0 N–H and O–H groups in total. The van der Waals surface area contributed by atoms with Crippen molar-refractivity contribution in [1.29, 1.82) is 0 Å². The molecule has 0 aliphatic carbocycles. The third-order valence-corrected chi connectivity index (χ3v) is 4.87. The van der Waals surface area contributed by atoms with Crippen LogP contribution in [0.1, 0.15) is 104 Å². The van der Waals surface area contributed by atoms with Crippen LogP contribution in [0.4, 0.5) is 0 Å². The van der Waals surface area contributed by atoms with Gasteiger partial charge in [0.1, 0.15) is 0 Å². The third kappa shape index (κ3) is 15.2. The van der Waals surface area contributed by atoms with Crippen molar-refractivity contribution in [3.05, 3.63) is 0 Å². The number of rotatable bonds is 16. The van der Waals surface area contributed by atoms with E-state index in [1.54, 1.807) is 0 Å². The molecular weight excluding hydrogens is 290 g/mol. The first-order valence-corrected chi connectivity index (χ1v) is 10.0. The molecule has 22 heavy (non-hydrogen) atoms. The van der Waals surface area contributed by atoms with Crippen molar-refractivity contribution in [3.63, 3.8) is 0 Å². The minimum absolute atomic E-state index is 0. The first kappa shape index (κ1) is 24.5. The number of hydrogen-bond acceptors (Lipinski definition) is 0. The zero-order chi connectivity index (χ0) is 15.8. The molecule has 0 heterocycles. The Labute approximate surface area is 148 Å². The summed E-state index contributed by atoms with van der Waals surface area (Å²) >= 11 is 0. The van der Waals surface area contributed by atoms with E-state index in [2.05, 4.69) is 27.8 Å². The van der Waals surface area contributed by atoms with Crippen molar-refractivity contribution in [2.75, 3.05) is 26.7 Å². The zero-order valence-corrected chi connectivity index (χ0v) is 16.9. The van der Waals surface area contributed by atoms with Crippen LogP contribution in [0.15, 0.2) is 0 Å². The summed E-state index contributed by atoms with van der Waals surface area (Å²) < 4.78 is 1.33. The minimum atomic E-state index is 0. The Morgan fingerprint density at radius 3 is 1.18 bits per heavy atom. The average molecular weight is 334 g/mol. The lowest BCUT2D eigenvalue weighted by molar-refractivity contribution is -0.910. The van der Waals surface area contributed by atoms with Crippen LogP contribution in [-0.4, -0.2) is 31.2 Å². The SMILES string of the molecule is CCCCCCCC[N+](C)(CCC)CCCCCCCC.[Cl-]. The van der Waals surface area contributed by atoms with Gasteiger partial charge in [-0.2, -0.15) is 0 Å². The molecule has 0 aromatic heterocycles. The third-order valence-electron chi connectivity index (χ3n) is 4.87. The van der Waals surface area contributed by atoms with Crippen LogP contribution in [0.25, 0.3) is 0 Å². The summed E-state index contributed by atoms with van der Waals surface area (Å²) in [5, 5.41) is 0. The lowest BCUT2D eigenvalue weighted by atomic mass is 10.1. The summed E-state index contributed by atoms with van der Waals surface area (Å²) in [7, 11) is 2.50. The lowest BCUT2D eigenvalue weighted by Crippen LogP contribution is -3.00. The number of unbranched alkanes of at least 4 members (excludes halogenated alkanes) is 10. The number of nitrogens with zero attached hydrogens (tertiary/aromatic N) is 1. The fourth-order valence-electron chi connectivity index (χ4n) is 3.42. The zero-order valence-electron chi connectivity index (χ0n) is 16.1. The monoisotopic (exact) mass is 333 g/mol. The van der Waals surface area contributed by atoms with E-state index >= 15 is 0 Å². The van der Waals surface area contributed by atoms with Crippen LogP contribution in [0.3, 0.4) is 0 Å². The van der Waals surface area contributed by atoms with E-state index in [-0.39, 0.29) is 12.4 Å². The molecule has 0 aliphatic rings. The molecule has 0 aromatic rings. The van der Waals surface area contributed by atoms with Crippen LogP contribution in [-0.2, 0) is 0 Å². The fourth-order valence-corrected chi connectivity index (χ4v) is 3.42. The molecular formula is C20H44ClN. The van der Waals surface area contributed by atoms with Crippen molar-refractivity contribution < 1.29 is 16.9 Å². The van der Waals surface area contributed by atoms with Gasteiger partial charge < -0.3 is 16.9 Å². The van der Waals surface area contributed by atoms with E-state index in [1.807, 2.05) is 0 Å². The van der Waals surface area contributed by atoms with Crippen LogP contribution < -0.4 is 12.4 Å². The molecule has 2 heteroatoms. The lowest BCUT2D eigenvalue weighted by Gasteiger charge is -2.34. The molecule has 0 amide bonds. The smallest absolute Gasteiger partial charge is 0.0784 e. The van der Waals surface area contributed by atoms with Gasteiger partial charge in [-0.1, -0.05) is 72.1 Å². The van der Waals surface area contributed by atoms with Gasteiger partial charge in [0, 0.05) is 0 Å². The van der Waals surface area contributed by atoms with Crippen LogP contribution >= 0.6 is 0 Å². The molecule has 136 valence electrons. The Morgan fingerprint density at radius 1 is 0.455 bits per heavy atom. The highest BCUT2D eigenvalue weighted by atomic mass is 35.5. The molecule has 0 radical (unpaired) electrons. The second kappa shape index (κ2) is 17.6. The van der Waals surface area contributed by atoms with Crippen LogP contribution in [0.5, 0.6) is 0 Å². The highest BCUT2D eigenvalue weighted by Gasteiger charge is 2.19. The van der Waals surface area contributed by atoms with Crippen molar-refractivity contribution in [3.8, 4) is 0 Å². The maximum absolute atomic E-state index is 2.50. The topological polar surface area (TPSA) is 0 Å². The number of quaternary nitrogens is 1. The van der Waals surface area contributed by atoms with E-state index in [0.29, 0.717) is 0 Å². The van der Waals surface area contributed by atoms with Crippen molar-refractivity contribution >= 4 is 0 Å². The Hall–Kier alpha value is 0.250. The van der Waals surface area contributed by atoms with Gasteiger partial charge >= 0.3 is 0 Å². The van der Waals surface area contributed by atoms with E-state index in [9.17, 15) is 0 Å². The Kier molecular flexibility index (Phi) is 19.6. The first-order chi connectivity index (χ1) is 10.2. The summed E-state index contributed by atoms with van der Waals surface area (Å²) in [5.74, 6) is 0. The van der Waals surface area contributed by atoms with Gasteiger partial charge in [0.25, 0.3) is 0 Å². The summed E-state index contributed by atoms with van der Waals surface area (Å²) in [4.78, 5) is 0. The van der Waals surface area contributed by atoms with Crippen LogP contribution in [0, 0.1) is 0 Å². The average Bonchev–Trinajstić information content (AvgIpc) is 2.47. The molecule has 0 spiro atoms. The molecule has 0 atom stereocenters. The second-order valence-corrected chi connectivity index (χ2v) is 7.33. The Balaban J connectivity index is 0. The summed E-state index contributed by atoms with van der Waals surface area (Å²) in [6.45, 7) is 11.2. The highest BCUT2D eigenvalue weighted by Crippen LogP contribution is 2.14. The predicted molar refractivity (Wildman–Crippen MR) is 97.8 cm³/mol. The molecule has 0 unspecified atom stereocenters. The van der Waals surface area contributed by atoms with Gasteiger partial charge in [-0.3, -0.25) is 0 Å². The standard InChI is InChI=1S/C20H44N.ClH/c1-5-8-10-12-14-16-19-21(4,18-7-3)20-17-15-13-11-9-6-2;/h5-20H2,1-4H3;1H/q+1;/p-1. The maximum Gasteiger partial charge on any atom is 0.0784 e. The quantitative estimate of drug-likeness (QED) is 0.299. The number of halogens is 1. The molecule has 0 saturated heterocycles. The normalized spacial score (nSPS) is 11.5. The van der Waals surface area contributed by atoms with Crippen molar-refractivity contribution in [1.82, 2.24) is 0 Å². The largest absolute Gasteiger partial charge is 1.00 e. The van der Waals surface area contributed by atoms with E-state index in [0.717, 1.165) is 0 Å².